The molecule has 0 bridgehead atoms. The fourth-order valence-corrected chi connectivity index (χ4v) is 4.24. The van der Waals surface area contributed by atoms with Gasteiger partial charge in [-0.2, -0.15) is 5.10 Å². The zero-order chi connectivity index (χ0) is 24.9. The van der Waals surface area contributed by atoms with Gasteiger partial charge >= 0.3 is 6.03 Å². The van der Waals surface area contributed by atoms with Crippen LogP contribution >= 0.6 is 15.9 Å². The topological polar surface area (TPSA) is 112 Å². The Balaban J connectivity index is 1.32. The first-order valence-corrected chi connectivity index (χ1v) is 11.8. The third-order valence-electron chi connectivity index (χ3n) is 5.81. The second kappa shape index (κ2) is 10.8. The minimum Gasteiger partial charge on any atom is -0.324 e. The summed E-state index contributed by atoms with van der Waals surface area (Å²) in [6, 6.07) is 11.3. The minimum atomic E-state index is -0.455. The van der Waals surface area contributed by atoms with Crippen molar-refractivity contribution in [2.45, 2.75) is 12.8 Å². The Hall–Kier alpha value is -3.57. The number of amidine groups is 1. The number of Topliss-reactive ketones (excluding diaryl/α,β-unsaturated/α-hetero) is 1. The SMILES string of the molecule is Cn1cc(-c2ccc(NC(=O)N3CCC(C(=O)C(=Nc4ccc(F)c(Br)c4)NO)CC3)cc2)cn1. The van der Waals surface area contributed by atoms with Crippen LogP contribution in [0.5, 0.6) is 0 Å². The van der Waals surface area contributed by atoms with Gasteiger partial charge < -0.3 is 10.2 Å². The first kappa shape index (κ1) is 24.6. The van der Waals surface area contributed by atoms with Crippen molar-refractivity contribution < 1.29 is 19.2 Å². The van der Waals surface area contributed by atoms with Crippen molar-refractivity contribution in [2.24, 2.45) is 18.0 Å². The van der Waals surface area contributed by atoms with Gasteiger partial charge in [0.15, 0.2) is 5.84 Å². The molecule has 1 aliphatic heterocycles. The zero-order valence-electron chi connectivity index (χ0n) is 18.9. The van der Waals surface area contributed by atoms with Gasteiger partial charge in [-0.25, -0.2) is 19.7 Å². The number of benzene rings is 2. The highest BCUT2D eigenvalue weighted by molar-refractivity contribution is 9.10. The van der Waals surface area contributed by atoms with E-state index in [0.29, 0.717) is 37.3 Å². The molecule has 2 amide bonds. The van der Waals surface area contributed by atoms with Crippen LogP contribution in [0.25, 0.3) is 11.1 Å². The van der Waals surface area contributed by atoms with Gasteiger partial charge in [0.05, 0.1) is 16.4 Å². The van der Waals surface area contributed by atoms with Crippen LogP contribution in [0.3, 0.4) is 0 Å². The van der Waals surface area contributed by atoms with Crippen molar-refractivity contribution in [3.63, 3.8) is 0 Å². The van der Waals surface area contributed by atoms with Gasteiger partial charge in [0.1, 0.15) is 5.82 Å². The van der Waals surface area contributed by atoms with Gasteiger partial charge in [-0.15, -0.1) is 0 Å². The maximum absolute atomic E-state index is 13.4. The maximum atomic E-state index is 13.4. The number of amides is 2. The predicted octanol–water partition coefficient (Wildman–Crippen LogP) is 4.51. The molecule has 0 aliphatic carbocycles. The first-order valence-electron chi connectivity index (χ1n) is 11.0. The highest BCUT2D eigenvalue weighted by Gasteiger charge is 2.30. The lowest BCUT2D eigenvalue weighted by Gasteiger charge is -2.31. The standard InChI is InChI=1S/C24H24BrFN6O3/c1-31-14-17(13-27-31)15-2-4-18(5-3-15)29-24(34)32-10-8-16(9-11-32)22(33)23(30-35)28-19-6-7-21(26)20(25)12-19/h2-7,12-14,16,35H,8-11H2,1H3,(H,28,30)(H,29,34). The second-order valence-electron chi connectivity index (χ2n) is 8.21. The molecule has 11 heteroatoms. The Morgan fingerprint density at radius 1 is 1.14 bits per heavy atom. The molecule has 1 fully saturated rings. The molecule has 0 atom stereocenters. The Labute approximate surface area is 209 Å². The highest BCUT2D eigenvalue weighted by atomic mass is 79.9. The normalized spacial score (nSPS) is 14.6. The van der Waals surface area contributed by atoms with Gasteiger partial charge in [-0.3, -0.25) is 14.7 Å². The summed E-state index contributed by atoms with van der Waals surface area (Å²) >= 11 is 3.07. The number of aromatic nitrogens is 2. The van der Waals surface area contributed by atoms with Crippen molar-refractivity contribution in [1.29, 1.82) is 0 Å². The number of carbonyl (C=O) groups is 2. The van der Waals surface area contributed by atoms with Crippen molar-refractivity contribution in [3.8, 4) is 11.1 Å². The lowest BCUT2D eigenvalue weighted by Crippen LogP contribution is -2.44. The molecular weight excluding hydrogens is 519 g/mol. The summed E-state index contributed by atoms with van der Waals surface area (Å²) in [6.07, 6.45) is 4.56. The quantitative estimate of drug-likeness (QED) is 0.249. The number of aliphatic imine (C=N–C) groups is 1. The van der Waals surface area contributed by atoms with E-state index >= 15 is 0 Å². The van der Waals surface area contributed by atoms with Crippen LogP contribution in [0.2, 0.25) is 0 Å². The number of anilines is 1. The lowest BCUT2D eigenvalue weighted by atomic mass is 9.92. The van der Waals surface area contributed by atoms with Crippen molar-refractivity contribution in [1.82, 2.24) is 20.2 Å². The van der Waals surface area contributed by atoms with Gasteiger partial charge in [0.25, 0.3) is 0 Å². The lowest BCUT2D eigenvalue weighted by molar-refractivity contribution is -0.118. The van der Waals surface area contributed by atoms with Gasteiger partial charge in [-0.05, 0) is 64.7 Å². The van der Waals surface area contributed by atoms with Gasteiger partial charge in [0, 0.05) is 43.5 Å². The summed E-state index contributed by atoms with van der Waals surface area (Å²) in [7, 11) is 1.85. The largest absolute Gasteiger partial charge is 0.324 e. The highest BCUT2D eigenvalue weighted by Crippen LogP contribution is 2.25. The molecule has 0 saturated carbocycles. The number of hydroxylamine groups is 1. The molecule has 35 heavy (non-hydrogen) atoms. The van der Waals surface area contributed by atoms with Gasteiger partial charge in [0.2, 0.25) is 5.78 Å². The van der Waals surface area contributed by atoms with Crippen LogP contribution in [-0.4, -0.2) is 50.6 Å². The fourth-order valence-electron chi connectivity index (χ4n) is 3.88. The van der Waals surface area contributed by atoms with Crippen LogP contribution in [0, 0.1) is 11.7 Å². The molecule has 0 unspecified atom stereocenters. The van der Waals surface area contributed by atoms with Crippen LogP contribution in [0.1, 0.15) is 12.8 Å². The molecule has 182 valence electrons. The van der Waals surface area contributed by atoms with E-state index in [1.54, 1.807) is 15.8 Å². The van der Waals surface area contributed by atoms with E-state index in [9.17, 15) is 19.2 Å². The molecular formula is C24H24BrFN6O3. The smallest absolute Gasteiger partial charge is 0.321 e. The number of aryl methyl sites for hydroxylation is 1. The number of halogens is 2. The number of nitrogens with zero attached hydrogens (tertiary/aromatic N) is 4. The van der Waals surface area contributed by atoms with E-state index in [0.717, 1.165) is 11.1 Å². The van der Waals surface area contributed by atoms with E-state index in [2.05, 4.69) is 31.3 Å². The van der Waals surface area contributed by atoms with Crippen LogP contribution in [0.4, 0.5) is 20.6 Å². The minimum absolute atomic E-state index is 0.203. The van der Waals surface area contributed by atoms with Crippen LogP contribution in [-0.2, 0) is 11.8 Å². The van der Waals surface area contributed by atoms with E-state index in [1.165, 1.54) is 18.2 Å². The number of urea groups is 1. The zero-order valence-corrected chi connectivity index (χ0v) is 20.5. The van der Waals surface area contributed by atoms with E-state index in [-0.39, 0.29) is 22.1 Å². The summed E-state index contributed by atoms with van der Waals surface area (Å²) in [5.74, 6) is -1.44. The average Bonchev–Trinajstić information content (AvgIpc) is 3.31. The Morgan fingerprint density at radius 2 is 1.86 bits per heavy atom. The summed E-state index contributed by atoms with van der Waals surface area (Å²) in [5, 5.41) is 16.5. The number of nitrogens with one attached hydrogen (secondary N) is 2. The molecule has 1 aliphatic rings. The van der Waals surface area contributed by atoms with E-state index in [1.807, 2.05) is 43.0 Å². The number of carbonyl (C=O) groups excluding carboxylic acids is 2. The molecule has 9 nitrogen and oxygen atoms in total. The second-order valence-corrected chi connectivity index (χ2v) is 9.06. The van der Waals surface area contributed by atoms with Crippen molar-refractivity contribution in [3.05, 3.63) is 65.1 Å². The number of piperidine rings is 1. The molecule has 1 saturated heterocycles. The molecule has 3 N–H and O–H groups in total. The van der Waals surface area contributed by atoms with Crippen molar-refractivity contribution >= 4 is 45.0 Å². The summed E-state index contributed by atoms with van der Waals surface area (Å²) in [4.78, 5) is 31.3. The Morgan fingerprint density at radius 3 is 2.46 bits per heavy atom. The summed E-state index contributed by atoms with van der Waals surface area (Å²) in [5.41, 5.74) is 4.83. The maximum Gasteiger partial charge on any atom is 0.321 e. The van der Waals surface area contributed by atoms with E-state index in [4.69, 9.17) is 0 Å². The third kappa shape index (κ3) is 5.92. The predicted molar refractivity (Wildman–Crippen MR) is 133 cm³/mol. The molecule has 3 aromatic rings. The number of rotatable bonds is 5. The number of ketones is 1. The molecule has 4 rings (SSSR count). The van der Waals surface area contributed by atoms with Gasteiger partial charge in [-0.1, -0.05) is 12.1 Å². The Kier molecular flexibility index (Phi) is 7.57. The third-order valence-corrected chi connectivity index (χ3v) is 6.42. The summed E-state index contributed by atoms with van der Waals surface area (Å²) in [6.45, 7) is 0.771. The van der Waals surface area contributed by atoms with Crippen LogP contribution in [0.15, 0.2) is 64.3 Å². The molecule has 2 aromatic carbocycles. The average molecular weight is 543 g/mol. The monoisotopic (exact) mass is 542 g/mol. The summed E-state index contributed by atoms with van der Waals surface area (Å²) < 4.78 is 15.4. The van der Waals surface area contributed by atoms with E-state index < -0.39 is 11.7 Å². The number of likely N-dealkylation sites (tertiary alicyclic amines) is 1. The number of hydrogen-bond donors (Lipinski definition) is 3. The number of hydrogen-bond acceptors (Lipinski definition) is 5. The Bertz CT molecular complexity index is 1250. The molecule has 0 spiro atoms. The molecule has 2 heterocycles. The van der Waals surface area contributed by atoms with Crippen molar-refractivity contribution in [2.75, 3.05) is 18.4 Å². The molecule has 0 radical (unpaired) electrons. The molecule has 1 aromatic heterocycles. The first-order chi connectivity index (χ1) is 16.8. The fraction of sp³-hybridized carbons (Fsp3) is 0.250. The van der Waals surface area contributed by atoms with Crippen LogP contribution < -0.4 is 10.8 Å².